The maximum atomic E-state index is 12.6. The molecule has 1 aromatic carbocycles. The Bertz CT molecular complexity index is 934. The van der Waals surface area contributed by atoms with Gasteiger partial charge < -0.3 is 20.1 Å². The molecule has 3 aliphatic rings. The van der Waals surface area contributed by atoms with Crippen LogP contribution in [0.5, 0.6) is 0 Å². The van der Waals surface area contributed by atoms with E-state index < -0.39 is 26.7 Å². The minimum Gasteiger partial charge on any atom is -0.465 e. The van der Waals surface area contributed by atoms with Gasteiger partial charge in [-0.25, -0.2) is 13.2 Å². The third-order valence-corrected chi connectivity index (χ3v) is 8.11. The Hall–Kier alpha value is -2.64. The molecule has 1 aromatic rings. The van der Waals surface area contributed by atoms with Gasteiger partial charge in [-0.15, -0.1) is 0 Å². The van der Waals surface area contributed by atoms with E-state index >= 15 is 0 Å². The lowest BCUT2D eigenvalue weighted by atomic mass is 10.1. The molecule has 31 heavy (non-hydrogen) atoms. The fraction of sp³-hybridized carbons (Fsp3) is 0.571. The highest BCUT2D eigenvalue weighted by atomic mass is 32.2. The number of sulfone groups is 1. The van der Waals surface area contributed by atoms with Gasteiger partial charge in [0.2, 0.25) is 5.91 Å². The van der Waals surface area contributed by atoms with Crippen molar-refractivity contribution in [2.24, 2.45) is 5.92 Å². The lowest BCUT2D eigenvalue weighted by Crippen LogP contribution is -2.43. The summed E-state index contributed by atoms with van der Waals surface area (Å²) in [6.07, 6.45) is 1.85. The highest BCUT2D eigenvalue weighted by Gasteiger charge is 2.44. The number of ether oxygens (including phenoxy) is 1. The number of nitrogens with one attached hydrogen (secondary N) is 1. The molecule has 0 spiro atoms. The molecule has 2 aliphatic carbocycles. The lowest BCUT2D eigenvalue weighted by Gasteiger charge is -2.29. The highest BCUT2D eigenvalue weighted by Crippen LogP contribution is 2.35. The number of rotatable bonds is 4. The number of hydrogen-bond donors (Lipinski definition) is 2. The Morgan fingerprint density at radius 2 is 1.81 bits per heavy atom. The van der Waals surface area contributed by atoms with Gasteiger partial charge in [0.25, 0.3) is 0 Å². The maximum absolute atomic E-state index is 12.6. The molecule has 10 heteroatoms. The number of nitriles is 1. The van der Waals surface area contributed by atoms with E-state index in [2.05, 4.69) is 5.32 Å². The van der Waals surface area contributed by atoms with Gasteiger partial charge >= 0.3 is 6.09 Å². The summed E-state index contributed by atoms with van der Waals surface area (Å²) < 4.78 is 30.5. The molecule has 2 amide bonds. The molecule has 0 radical (unpaired) electrons. The zero-order valence-electron chi connectivity index (χ0n) is 17.2. The first-order chi connectivity index (χ1) is 14.8. The second-order valence-electron chi connectivity index (χ2n) is 8.05. The van der Waals surface area contributed by atoms with Gasteiger partial charge in [-0.1, -0.05) is 18.2 Å². The molecule has 0 aromatic heterocycles. The van der Waals surface area contributed by atoms with Gasteiger partial charge in [0.1, 0.15) is 5.54 Å². The van der Waals surface area contributed by atoms with Crippen LogP contribution in [0.2, 0.25) is 0 Å². The Morgan fingerprint density at radius 1 is 1.16 bits per heavy atom. The van der Waals surface area contributed by atoms with E-state index in [0.717, 1.165) is 0 Å². The first-order valence-electron chi connectivity index (χ1n) is 10.4. The number of carboxylic acid groups (broad SMARTS) is 1. The molecule has 1 heterocycles. The molecule has 9 nitrogen and oxygen atoms in total. The van der Waals surface area contributed by atoms with Crippen molar-refractivity contribution in [3.8, 4) is 6.07 Å². The van der Waals surface area contributed by atoms with Crippen LogP contribution < -0.4 is 5.32 Å². The van der Waals surface area contributed by atoms with Crippen molar-refractivity contribution in [3.05, 3.63) is 30.3 Å². The zero-order valence-corrected chi connectivity index (χ0v) is 18.0. The minimum absolute atomic E-state index is 0.0917. The quantitative estimate of drug-likeness (QED) is 0.715. The van der Waals surface area contributed by atoms with Crippen LogP contribution in [-0.2, 0) is 19.4 Å². The molecular formula is C21H27N3O6S. The van der Waals surface area contributed by atoms with Crippen LogP contribution in [0.25, 0.3) is 0 Å². The van der Waals surface area contributed by atoms with Gasteiger partial charge in [0.15, 0.2) is 9.84 Å². The van der Waals surface area contributed by atoms with Crippen LogP contribution in [0.15, 0.2) is 35.2 Å². The van der Waals surface area contributed by atoms with E-state index in [0.29, 0.717) is 63.3 Å². The summed E-state index contributed by atoms with van der Waals surface area (Å²) in [6.45, 7) is 2.38. The number of amides is 2. The molecule has 1 aliphatic heterocycles. The average molecular weight is 450 g/mol. The molecule has 2 atom stereocenters. The summed E-state index contributed by atoms with van der Waals surface area (Å²) in [7, 11) is -3.33. The fourth-order valence-electron chi connectivity index (χ4n) is 3.89. The second kappa shape index (κ2) is 9.66. The van der Waals surface area contributed by atoms with E-state index in [1.807, 2.05) is 11.0 Å². The van der Waals surface area contributed by atoms with E-state index in [1.165, 1.54) is 0 Å². The first-order valence-corrected chi connectivity index (χ1v) is 11.9. The summed E-state index contributed by atoms with van der Waals surface area (Å²) in [6, 6.07) is 10.4. The van der Waals surface area contributed by atoms with Crippen molar-refractivity contribution in [2.75, 3.05) is 26.3 Å². The predicted molar refractivity (Wildman–Crippen MR) is 111 cm³/mol. The number of carbonyl (C=O) groups is 2. The number of carbonyl (C=O) groups excluding carboxylic acids is 1. The van der Waals surface area contributed by atoms with Crippen LogP contribution in [0.4, 0.5) is 4.79 Å². The van der Waals surface area contributed by atoms with Crippen molar-refractivity contribution in [3.63, 3.8) is 0 Å². The molecule has 0 bridgehead atoms. The molecule has 168 valence electrons. The number of morpholine rings is 1. The average Bonchev–Trinajstić information content (AvgIpc) is 3.36. The second-order valence-corrected chi connectivity index (χ2v) is 10.3. The number of nitrogens with zero attached hydrogens (tertiary/aromatic N) is 2. The molecule has 3 fully saturated rings. The lowest BCUT2D eigenvalue weighted by molar-refractivity contribution is -0.139. The van der Waals surface area contributed by atoms with Crippen LogP contribution in [-0.4, -0.2) is 67.5 Å². The topological polar surface area (TPSA) is 137 Å². The van der Waals surface area contributed by atoms with E-state index in [-0.39, 0.29) is 11.8 Å². The largest absolute Gasteiger partial charge is 0.465 e. The van der Waals surface area contributed by atoms with Crippen molar-refractivity contribution in [1.82, 2.24) is 10.2 Å². The van der Waals surface area contributed by atoms with Crippen molar-refractivity contribution in [2.45, 2.75) is 47.8 Å². The molecular weight excluding hydrogens is 422 g/mol. The zero-order chi connectivity index (χ0) is 22.5. The smallest absolute Gasteiger partial charge is 0.405 e. The standard InChI is InChI=1S/C16H21NO4S.C5H6N2O2/c18-16(17-8-10-21-11-9-17)13-6-7-15(12-13)22(19,20)14-4-2-1-3-5-14;6-3-5(1-2-5)7-4(8)9/h1-5,13,15H,6-12H2;7H,1-2H2,(H,8,9)/t13-,15-;/m1./s1. The van der Waals surface area contributed by atoms with Gasteiger partial charge in [-0.05, 0) is 44.2 Å². The van der Waals surface area contributed by atoms with Gasteiger partial charge in [-0.2, -0.15) is 5.26 Å². The Morgan fingerprint density at radius 3 is 2.32 bits per heavy atom. The monoisotopic (exact) mass is 449 g/mol. The molecule has 2 N–H and O–H groups in total. The van der Waals surface area contributed by atoms with Crippen LogP contribution >= 0.6 is 0 Å². The fourth-order valence-corrected chi connectivity index (χ4v) is 5.74. The third kappa shape index (κ3) is 5.74. The Balaban J connectivity index is 0.000000254. The first kappa shape index (κ1) is 23.0. The molecule has 0 unspecified atom stereocenters. The molecule has 1 saturated heterocycles. The molecule has 2 saturated carbocycles. The van der Waals surface area contributed by atoms with Gasteiger partial charge in [0.05, 0.1) is 29.4 Å². The Labute approximate surface area is 181 Å². The van der Waals surface area contributed by atoms with Crippen molar-refractivity contribution >= 4 is 21.8 Å². The van der Waals surface area contributed by atoms with Gasteiger partial charge in [-0.3, -0.25) is 4.79 Å². The minimum atomic E-state index is -3.33. The van der Waals surface area contributed by atoms with Crippen LogP contribution in [0.3, 0.4) is 0 Å². The van der Waals surface area contributed by atoms with E-state index in [1.54, 1.807) is 30.3 Å². The van der Waals surface area contributed by atoms with E-state index in [9.17, 15) is 18.0 Å². The predicted octanol–water partition coefficient (Wildman–Crippen LogP) is 1.80. The third-order valence-electron chi connectivity index (χ3n) is 5.88. The molecule has 4 rings (SSSR count). The van der Waals surface area contributed by atoms with Gasteiger partial charge in [0, 0.05) is 19.0 Å². The highest BCUT2D eigenvalue weighted by molar-refractivity contribution is 7.92. The summed E-state index contributed by atoms with van der Waals surface area (Å²) >= 11 is 0. The Kier molecular flexibility index (Phi) is 7.18. The van der Waals surface area contributed by atoms with Crippen LogP contribution in [0.1, 0.15) is 32.1 Å². The van der Waals surface area contributed by atoms with Crippen molar-refractivity contribution in [1.29, 1.82) is 5.26 Å². The number of benzene rings is 1. The summed E-state index contributed by atoms with van der Waals surface area (Å²) in [5, 5.41) is 18.2. The normalized spacial score (nSPS) is 24.3. The maximum Gasteiger partial charge on any atom is 0.405 e. The van der Waals surface area contributed by atoms with Crippen molar-refractivity contribution < 1.29 is 27.9 Å². The summed E-state index contributed by atoms with van der Waals surface area (Å²) in [4.78, 5) is 24.6. The SMILES string of the molecule is N#CC1(NC(=O)O)CC1.O=C([C@@H]1CC[C@@H](S(=O)(=O)c2ccccc2)C1)N1CCOCC1. The number of hydrogen-bond acceptors (Lipinski definition) is 6. The van der Waals surface area contributed by atoms with Crippen LogP contribution in [0, 0.1) is 17.2 Å². The summed E-state index contributed by atoms with van der Waals surface area (Å²) in [5.74, 6) is -0.0735. The summed E-state index contributed by atoms with van der Waals surface area (Å²) in [5.41, 5.74) is -0.730. The van der Waals surface area contributed by atoms with E-state index in [4.69, 9.17) is 15.1 Å².